The minimum atomic E-state index is 1.09. The zero-order chi connectivity index (χ0) is 39.4. The molecule has 0 atom stereocenters. The minimum Gasteiger partial charge on any atom is -0.310 e. The van der Waals surface area contributed by atoms with E-state index in [2.05, 4.69) is 254 Å². The fourth-order valence-corrected chi connectivity index (χ4v) is 8.32. The summed E-state index contributed by atoms with van der Waals surface area (Å²) in [6, 6.07) is 89.8. The fraction of sp³-hybridized carbons (Fsp3) is 0. The molecule has 0 unspecified atom stereocenters. The molecular formula is C58H41N. The molecule has 1 nitrogen and oxygen atoms in total. The number of anilines is 3. The van der Waals surface area contributed by atoms with Gasteiger partial charge in [0.15, 0.2) is 0 Å². The van der Waals surface area contributed by atoms with Crippen LogP contribution >= 0.6 is 0 Å². The van der Waals surface area contributed by atoms with Crippen LogP contribution in [0.25, 0.3) is 77.5 Å². The Morgan fingerprint density at radius 3 is 1.25 bits per heavy atom. The molecule has 0 heterocycles. The van der Waals surface area contributed by atoms with E-state index in [0.29, 0.717) is 0 Å². The Morgan fingerprint density at radius 1 is 0.203 bits per heavy atom. The van der Waals surface area contributed by atoms with Crippen molar-refractivity contribution in [3.05, 3.63) is 249 Å². The smallest absolute Gasteiger partial charge is 0.0467 e. The Balaban J connectivity index is 1.04. The summed E-state index contributed by atoms with van der Waals surface area (Å²) in [6.07, 6.45) is 0. The highest BCUT2D eigenvalue weighted by molar-refractivity contribution is 5.97. The van der Waals surface area contributed by atoms with Gasteiger partial charge in [-0.05, 0) is 126 Å². The summed E-state index contributed by atoms with van der Waals surface area (Å²) in [5, 5.41) is 2.51. The second kappa shape index (κ2) is 16.0. The predicted octanol–water partition coefficient (Wildman–Crippen LogP) is 16.3. The van der Waals surface area contributed by atoms with Crippen LogP contribution in [0.2, 0.25) is 0 Å². The van der Waals surface area contributed by atoms with E-state index in [1.165, 1.54) is 72.0 Å². The molecule has 10 aromatic carbocycles. The van der Waals surface area contributed by atoms with E-state index in [1.807, 2.05) is 0 Å². The number of rotatable bonds is 9. The predicted molar refractivity (Wildman–Crippen MR) is 251 cm³/mol. The van der Waals surface area contributed by atoms with Crippen LogP contribution in [0.3, 0.4) is 0 Å². The Labute approximate surface area is 346 Å². The number of hydrogen-bond donors (Lipinski definition) is 0. The molecule has 0 spiro atoms. The van der Waals surface area contributed by atoms with Crippen molar-refractivity contribution >= 4 is 27.8 Å². The first kappa shape index (κ1) is 35.7. The van der Waals surface area contributed by atoms with Gasteiger partial charge in [0.25, 0.3) is 0 Å². The Kier molecular flexibility index (Phi) is 9.68. The third kappa shape index (κ3) is 7.34. The lowest BCUT2D eigenvalue weighted by Gasteiger charge is -2.26. The van der Waals surface area contributed by atoms with Gasteiger partial charge >= 0.3 is 0 Å². The average Bonchev–Trinajstić information content (AvgIpc) is 3.33. The molecule has 10 aromatic rings. The van der Waals surface area contributed by atoms with E-state index in [9.17, 15) is 0 Å². The first-order valence-corrected chi connectivity index (χ1v) is 20.2. The van der Waals surface area contributed by atoms with E-state index >= 15 is 0 Å². The summed E-state index contributed by atoms with van der Waals surface area (Å²) in [6.45, 7) is 0. The summed E-state index contributed by atoms with van der Waals surface area (Å²) >= 11 is 0. The molecule has 0 N–H and O–H groups in total. The molecular weight excluding hydrogens is 711 g/mol. The summed E-state index contributed by atoms with van der Waals surface area (Å²) in [5.41, 5.74) is 17.7. The maximum Gasteiger partial charge on any atom is 0.0467 e. The van der Waals surface area contributed by atoms with E-state index in [4.69, 9.17) is 0 Å². The molecule has 278 valence electrons. The van der Waals surface area contributed by atoms with Gasteiger partial charge in [0.2, 0.25) is 0 Å². The van der Waals surface area contributed by atoms with Gasteiger partial charge < -0.3 is 4.90 Å². The van der Waals surface area contributed by atoms with Crippen LogP contribution in [0.15, 0.2) is 249 Å². The van der Waals surface area contributed by atoms with Crippen LogP contribution in [0.5, 0.6) is 0 Å². The molecule has 0 bridgehead atoms. The largest absolute Gasteiger partial charge is 0.310 e. The van der Waals surface area contributed by atoms with Crippen molar-refractivity contribution in [2.75, 3.05) is 4.90 Å². The van der Waals surface area contributed by atoms with Gasteiger partial charge in [-0.25, -0.2) is 0 Å². The molecule has 0 aliphatic rings. The molecule has 0 saturated carbocycles. The summed E-state index contributed by atoms with van der Waals surface area (Å²) in [7, 11) is 0. The monoisotopic (exact) mass is 751 g/mol. The maximum atomic E-state index is 2.37. The molecule has 0 aliphatic heterocycles. The molecule has 0 aliphatic carbocycles. The maximum absolute atomic E-state index is 2.37. The van der Waals surface area contributed by atoms with Gasteiger partial charge in [0.05, 0.1) is 0 Å². The highest BCUT2D eigenvalue weighted by Gasteiger charge is 2.16. The highest BCUT2D eigenvalue weighted by atomic mass is 15.1. The number of hydrogen-bond acceptors (Lipinski definition) is 1. The molecule has 0 aromatic heterocycles. The first-order valence-electron chi connectivity index (χ1n) is 20.2. The van der Waals surface area contributed by atoms with Crippen molar-refractivity contribution in [3.8, 4) is 66.8 Å². The molecule has 1 heteroatoms. The van der Waals surface area contributed by atoms with Gasteiger partial charge in [0.1, 0.15) is 0 Å². The molecule has 0 saturated heterocycles. The SMILES string of the molecule is c1ccc(-c2cccc(-c3ccc(N(c4ccc(-c5ccccc5-c5ccccc5)cc4)c4cccc(-c5cccc(-c6cccc7ccccc67)c5)c4)cc3)c2)cc1. The van der Waals surface area contributed by atoms with Crippen molar-refractivity contribution in [1.82, 2.24) is 0 Å². The fourth-order valence-electron chi connectivity index (χ4n) is 8.32. The molecule has 59 heavy (non-hydrogen) atoms. The number of benzene rings is 10. The van der Waals surface area contributed by atoms with E-state index in [0.717, 1.165) is 22.6 Å². The van der Waals surface area contributed by atoms with Crippen LogP contribution < -0.4 is 4.90 Å². The Hall–Kier alpha value is -7.74. The van der Waals surface area contributed by atoms with Crippen LogP contribution in [0, 0.1) is 0 Å². The molecule has 0 fully saturated rings. The van der Waals surface area contributed by atoms with Gasteiger partial charge in [-0.1, -0.05) is 200 Å². The average molecular weight is 752 g/mol. The van der Waals surface area contributed by atoms with E-state index in [1.54, 1.807) is 0 Å². The third-order valence-corrected chi connectivity index (χ3v) is 11.3. The Bertz CT molecular complexity index is 3010. The van der Waals surface area contributed by atoms with Crippen molar-refractivity contribution in [1.29, 1.82) is 0 Å². The van der Waals surface area contributed by atoms with Gasteiger partial charge in [0, 0.05) is 17.1 Å². The van der Waals surface area contributed by atoms with Crippen LogP contribution in [-0.2, 0) is 0 Å². The van der Waals surface area contributed by atoms with Crippen molar-refractivity contribution in [3.63, 3.8) is 0 Å². The summed E-state index contributed by atoms with van der Waals surface area (Å²) in [5.74, 6) is 0. The van der Waals surface area contributed by atoms with E-state index < -0.39 is 0 Å². The van der Waals surface area contributed by atoms with Crippen molar-refractivity contribution in [2.24, 2.45) is 0 Å². The lowest BCUT2D eigenvalue weighted by atomic mass is 9.94. The third-order valence-electron chi connectivity index (χ3n) is 11.3. The molecule has 10 rings (SSSR count). The summed E-state index contributed by atoms with van der Waals surface area (Å²) in [4.78, 5) is 2.37. The molecule has 0 radical (unpaired) electrons. The standard InChI is InChI=1S/C58H41N/c1-3-15-42(16-4-1)47-21-11-22-48(39-47)43-31-35-52(36-32-43)59(53-37-33-46(34-38-53)57-29-10-9-28-55(57)44-17-5-2-6-18-44)54-26-13-24-50(41-54)49-23-12-25-51(40-49)58-30-14-20-45-19-7-8-27-56(45)58/h1-41H. The lowest BCUT2D eigenvalue weighted by molar-refractivity contribution is 1.28. The normalized spacial score (nSPS) is 11.1. The van der Waals surface area contributed by atoms with Crippen molar-refractivity contribution in [2.45, 2.75) is 0 Å². The van der Waals surface area contributed by atoms with Gasteiger partial charge in [-0.15, -0.1) is 0 Å². The number of nitrogens with zero attached hydrogens (tertiary/aromatic N) is 1. The second-order valence-corrected chi connectivity index (χ2v) is 14.9. The quantitative estimate of drug-likeness (QED) is 0.142. The topological polar surface area (TPSA) is 3.24 Å². The van der Waals surface area contributed by atoms with Crippen LogP contribution in [0.1, 0.15) is 0 Å². The van der Waals surface area contributed by atoms with Crippen LogP contribution in [-0.4, -0.2) is 0 Å². The summed E-state index contributed by atoms with van der Waals surface area (Å²) < 4.78 is 0. The van der Waals surface area contributed by atoms with Crippen LogP contribution in [0.4, 0.5) is 17.1 Å². The molecule has 0 amide bonds. The Morgan fingerprint density at radius 2 is 0.593 bits per heavy atom. The first-order chi connectivity index (χ1) is 29.2. The number of fused-ring (bicyclic) bond motifs is 1. The van der Waals surface area contributed by atoms with Gasteiger partial charge in [-0.2, -0.15) is 0 Å². The zero-order valence-electron chi connectivity index (χ0n) is 32.6. The lowest BCUT2D eigenvalue weighted by Crippen LogP contribution is -2.10. The van der Waals surface area contributed by atoms with Gasteiger partial charge in [-0.3, -0.25) is 0 Å². The zero-order valence-corrected chi connectivity index (χ0v) is 32.6. The van der Waals surface area contributed by atoms with Crippen molar-refractivity contribution < 1.29 is 0 Å². The minimum absolute atomic E-state index is 1.09. The second-order valence-electron chi connectivity index (χ2n) is 14.9. The van der Waals surface area contributed by atoms with E-state index in [-0.39, 0.29) is 0 Å². The highest BCUT2D eigenvalue weighted by Crippen LogP contribution is 2.40.